The molecule has 0 aliphatic rings. The smallest absolute Gasteiger partial charge is 0.306 e. The standard InChI is InChI=1S/C61H119NO5/c1-4-7-10-13-16-19-22-25-28-30-33-35-38-41-44-47-50-53-59(64)58(56-63)62-60(65)55-57(52-49-46-43-40-37-34-32-29-26-23-20-17-14-11-8-5-2)67-61(66)54-51-48-45-42-39-36-31-27-24-21-18-15-12-9-6-3/h21,24,57-59,63-64H,4-20,22-23,25-56H2,1-3H3,(H,62,65)/b24-21-. The molecule has 0 fully saturated rings. The fraction of sp³-hybridized carbons (Fsp3) is 0.934. The molecule has 3 unspecified atom stereocenters. The van der Waals surface area contributed by atoms with Crippen molar-refractivity contribution in [3.05, 3.63) is 12.2 Å². The van der Waals surface area contributed by atoms with Gasteiger partial charge in [0.15, 0.2) is 0 Å². The predicted octanol–water partition coefficient (Wildman–Crippen LogP) is 18.9. The van der Waals surface area contributed by atoms with Gasteiger partial charge in [-0.3, -0.25) is 9.59 Å². The number of aliphatic hydroxyl groups is 2. The lowest BCUT2D eigenvalue weighted by atomic mass is 10.0. The van der Waals surface area contributed by atoms with Crippen molar-refractivity contribution in [2.45, 2.75) is 360 Å². The molecule has 0 aliphatic heterocycles. The molecule has 6 heteroatoms. The van der Waals surface area contributed by atoms with E-state index in [-0.39, 0.29) is 24.9 Å². The molecule has 0 rings (SSSR count). The number of ether oxygens (including phenoxy) is 1. The third-order valence-corrected chi connectivity index (χ3v) is 14.3. The van der Waals surface area contributed by atoms with Crippen molar-refractivity contribution < 1.29 is 24.5 Å². The lowest BCUT2D eigenvalue weighted by molar-refractivity contribution is -0.151. The summed E-state index contributed by atoms with van der Waals surface area (Å²) in [6, 6.07) is -0.697. The van der Waals surface area contributed by atoms with E-state index in [2.05, 4.69) is 38.2 Å². The highest BCUT2D eigenvalue weighted by atomic mass is 16.5. The maximum Gasteiger partial charge on any atom is 0.306 e. The van der Waals surface area contributed by atoms with Gasteiger partial charge < -0.3 is 20.3 Å². The van der Waals surface area contributed by atoms with Gasteiger partial charge in [0.25, 0.3) is 0 Å². The van der Waals surface area contributed by atoms with Gasteiger partial charge in [-0.25, -0.2) is 0 Å². The summed E-state index contributed by atoms with van der Waals surface area (Å²) >= 11 is 0. The second-order valence-electron chi connectivity index (χ2n) is 21.1. The fourth-order valence-corrected chi connectivity index (χ4v) is 9.72. The molecule has 6 nitrogen and oxygen atoms in total. The number of hydrogen-bond acceptors (Lipinski definition) is 5. The van der Waals surface area contributed by atoms with Crippen LogP contribution in [0.2, 0.25) is 0 Å². The minimum atomic E-state index is -0.784. The molecule has 0 spiro atoms. The number of esters is 1. The lowest BCUT2D eigenvalue weighted by Gasteiger charge is -2.24. The Kier molecular flexibility index (Phi) is 54.4. The third-order valence-electron chi connectivity index (χ3n) is 14.3. The van der Waals surface area contributed by atoms with Crippen molar-refractivity contribution in [1.82, 2.24) is 5.32 Å². The summed E-state index contributed by atoms with van der Waals surface area (Å²) in [6.07, 6.45) is 64.2. The second kappa shape index (κ2) is 55.5. The average Bonchev–Trinajstić information content (AvgIpc) is 3.32. The molecule has 0 aliphatic carbocycles. The molecule has 398 valence electrons. The van der Waals surface area contributed by atoms with E-state index < -0.39 is 18.2 Å². The van der Waals surface area contributed by atoms with Crippen molar-refractivity contribution in [2.75, 3.05) is 6.61 Å². The summed E-state index contributed by atoms with van der Waals surface area (Å²) in [4.78, 5) is 26.3. The summed E-state index contributed by atoms with van der Waals surface area (Å²) in [5.41, 5.74) is 0. The van der Waals surface area contributed by atoms with Crippen LogP contribution >= 0.6 is 0 Å². The quantitative estimate of drug-likeness (QED) is 0.0321. The first-order valence-corrected chi connectivity index (χ1v) is 30.4. The lowest BCUT2D eigenvalue weighted by Crippen LogP contribution is -2.46. The van der Waals surface area contributed by atoms with Crippen LogP contribution in [0, 0.1) is 0 Å². The average molecular weight is 947 g/mol. The van der Waals surface area contributed by atoms with Crippen LogP contribution in [-0.4, -0.2) is 46.9 Å². The van der Waals surface area contributed by atoms with E-state index in [0.717, 1.165) is 44.9 Å². The Morgan fingerprint density at radius 2 is 0.716 bits per heavy atom. The van der Waals surface area contributed by atoms with Crippen LogP contribution in [0.25, 0.3) is 0 Å². The number of nitrogens with one attached hydrogen (secondary N) is 1. The highest BCUT2D eigenvalue weighted by Crippen LogP contribution is 2.19. The first-order valence-electron chi connectivity index (χ1n) is 30.4. The van der Waals surface area contributed by atoms with Gasteiger partial charge in [-0.05, 0) is 51.4 Å². The molecular weight excluding hydrogens is 827 g/mol. The zero-order valence-electron chi connectivity index (χ0n) is 45.6. The van der Waals surface area contributed by atoms with Crippen molar-refractivity contribution >= 4 is 11.9 Å². The zero-order valence-corrected chi connectivity index (χ0v) is 45.6. The Morgan fingerprint density at radius 3 is 1.07 bits per heavy atom. The summed E-state index contributed by atoms with van der Waals surface area (Å²) in [7, 11) is 0. The maximum absolute atomic E-state index is 13.3. The summed E-state index contributed by atoms with van der Waals surface area (Å²) in [5.74, 6) is -0.453. The van der Waals surface area contributed by atoms with Crippen molar-refractivity contribution in [2.24, 2.45) is 0 Å². The highest BCUT2D eigenvalue weighted by molar-refractivity contribution is 5.77. The van der Waals surface area contributed by atoms with Crippen LogP contribution in [0.3, 0.4) is 0 Å². The monoisotopic (exact) mass is 946 g/mol. The molecule has 0 radical (unpaired) electrons. The van der Waals surface area contributed by atoms with Gasteiger partial charge in [0, 0.05) is 6.42 Å². The van der Waals surface area contributed by atoms with Gasteiger partial charge >= 0.3 is 5.97 Å². The Balaban J connectivity index is 4.48. The molecule has 0 aromatic carbocycles. The summed E-state index contributed by atoms with van der Waals surface area (Å²) in [6.45, 7) is 6.53. The van der Waals surface area contributed by atoms with E-state index >= 15 is 0 Å². The third kappa shape index (κ3) is 50.8. The topological polar surface area (TPSA) is 95.9 Å². The van der Waals surface area contributed by atoms with E-state index in [9.17, 15) is 19.8 Å². The molecule has 3 N–H and O–H groups in total. The fourth-order valence-electron chi connectivity index (χ4n) is 9.72. The Hall–Kier alpha value is -1.40. The van der Waals surface area contributed by atoms with Gasteiger partial charge in [0.05, 0.1) is 25.2 Å². The van der Waals surface area contributed by atoms with Crippen LogP contribution in [-0.2, 0) is 14.3 Å². The summed E-state index contributed by atoms with van der Waals surface area (Å²) < 4.78 is 5.98. The van der Waals surface area contributed by atoms with Crippen molar-refractivity contribution in [3.63, 3.8) is 0 Å². The highest BCUT2D eigenvalue weighted by Gasteiger charge is 2.24. The number of carbonyl (C=O) groups excluding carboxylic acids is 2. The van der Waals surface area contributed by atoms with E-state index in [4.69, 9.17) is 4.74 Å². The van der Waals surface area contributed by atoms with Crippen LogP contribution in [0.15, 0.2) is 12.2 Å². The Labute approximate surface area is 419 Å². The summed E-state index contributed by atoms with van der Waals surface area (Å²) in [5, 5.41) is 23.9. The van der Waals surface area contributed by atoms with Gasteiger partial charge in [-0.15, -0.1) is 0 Å². The number of unbranched alkanes of at least 4 members (excludes halogenated alkanes) is 42. The Morgan fingerprint density at radius 1 is 0.418 bits per heavy atom. The molecule has 0 bridgehead atoms. The molecule has 0 saturated carbocycles. The van der Waals surface area contributed by atoms with Crippen LogP contribution in [0.1, 0.15) is 342 Å². The minimum Gasteiger partial charge on any atom is -0.462 e. The predicted molar refractivity (Wildman–Crippen MR) is 292 cm³/mol. The van der Waals surface area contributed by atoms with E-state index in [0.29, 0.717) is 19.3 Å². The number of allylic oxidation sites excluding steroid dienone is 2. The molecule has 1 amide bonds. The largest absolute Gasteiger partial charge is 0.462 e. The van der Waals surface area contributed by atoms with Gasteiger partial charge in [0.2, 0.25) is 5.91 Å². The molecule has 0 saturated heterocycles. The van der Waals surface area contributed by atoms with E-state index in [1.807, 2.05) is 0 Å². The van der Waals surface area contributed by atoms with E-state index in [1.165, 1.54) is 250 Å². The molecule has 3 atom stereocenters. The second-order valence-corrected chi connectivity index (χ2v) is 21.1. The maximum atomic E-state index is 13.3. The number of amides is 1. The number of aliphatic hydroxyl groups excluding tert-OH is 2. The first kappa shape index (κ1) is 65.6. The molecule has 0 heterocycles. The van der Waals surface area contributed by atoms with Crippen LogP contribution in [0.5, 0.6) is 0 Å². The minimum absolute atomic E-state index is 0.0842. The molecule has 0 aromatic heterocycles. The van der Waals surface area contributed by atoms with Crippen molar-refractivity contribution in [3.8, 4) is 0 Å². The number of rotatable bonds is 56. The van der Waals surface area contributed by atoms with Crippen LogP contribution in [0.4, 0.5) is 0 Å². The van der Waals surface area contributed by atoms with E-state index in [1.54, 1.807) is 0 Å². The van der Waals surface area contributed by atoms with Crippen LogP contribution < -0.4 is 5.32 Å². The van der Waals surface area contributed by atoms with Crippen molar-refractivity contribution in [1.29, 1.82) is 0 Å². The number of hydrogen-bond donors (Lipinski definition) is 3. The number of carbonyl (C=O) groups is 2. The molecular formula is C61H119NO5. The normalized spacial score (nSPS) is 13.1. The van der Waals surface area contributed by atoms with Gasteiger partial charge in [0.1, 0.15) is 6.10 Å². The first-order chi connectivity index (χ1) is 33.0. The zero-order chi connectivity index (χ0) is 48.8. The SMILES string of the molecule is CCCCCC/C=C\CCCCCCCCCC(=O)OC(CCCCCCCCCCCCCCCCCC)CC(=O)NC(CO)C(O)CCCCCCCCCCCCCCCCCCC. The molecule has 67 heavy (non-hydrogen) atoms. The van der Waals surface area contributed by atoms with Gasteiger partial charge in [-0.1, -0.05) is 290 Å². The Bertz CT molecular complexity index is 1020. The van der Waals surface area contributed by atoms with Gasteiger partial charge in [-0.2, -0.15) is 0 Å². The molecule has 0 aromatic rings.